The minimum Gasteiger partial charge on any atom is -0.357 e. The fraction of sp³-hybridized carbons (Fsp3) is 0.227. The smallest absolute Gasteiger partial charge is 0.251 e. The molecule has 3 heterocycles. The maximum atomic E-state index is 12.4. The summed E-state index contributed by atoms with van der Waals surface area (Å²) in [4.78, 5) is 24.6. The molecule has 1 amide bonds. The molecular formula is C22H22N4OS. The number of pyridine rings is 2. The number of aromatic nitrogens is 2. The molecule has 3 aromatic rings. The molecule has 1 saturated heterocycles. The number of anilines is 1. The standard InChI is InChI=1S/C22H22N4OS/c27-22(18-7-9-19(10-8-18)28-21-5-1-2-12-23-21)25-16-17-6-11-20(24-15-17)26-13-3-4-14-26/h1-2,5-12,15H,3-4,13-14,16H2,(H,25,27). The Labute approximate surface area is 169 Å². The number of carbonyl (C=O) groups is 1. The van der Waals surface area contributed by atoms with E-state index in [9.17, 15) is 4.79 Å². The first-order valence-electron chi connectivity index (χ1n) is 9.45. The van der Waals surface area contributed by atoms with Crippen LogP contribution in [0.25, 0.3) is 0 Å². The van der Waals surface area contributed by atoms with Crippen molar-refractivity contribution in [3.8, 4) is 0 Å². The monoisotopic (exact) mass is 390 g/mol. The summed E-state index contributed by atoms with van der Waals surface area (Å²) in [5, 5.41) is 3.90. The Kier molecular flexibility index (Phi) is 5.87. The van der Waals surface area contributed by atoms with E-state index >= 15 is 0 Å². The average Bonchev–Trinajstić information content (AvgIpc) is 3.29. The molecule has 2 aromatic heterocycles. The van der Waals surface area contributed by atoms with Gasteiger partial charge >= 0.3 is 0 Å². The lowest BCUT2D eigenvalue weighted by Gasteiger charge is -2.16. The van der Waals surface area contributed by atoms with Crippen LogP contribution in [0.15, 0.2) is 76.9 Å². The van der Waals surface area contributed by atoms with Gasteiger partial charge in [0.15, 0.2) is 0 Å². The van der Waals surface area contributed by atoms with Crippen LogP contribution in [-0.4, -0.2) is 29.0 Å². The number of rotatable bonds is 6. The largest absolute Gasteiger partial charge is 0.357 e. The average molecular weight is 391 g/mol. The van der Waals surface area contributed by atoms with Crippen molar-refractivity contribution < 1.29 is 4.79 Å². The van der Waals surface area contributed by atoms with E-state index < -0.39 is 0 Å². The predicted molar refractivity (Wildman–Crippen MR) is 112 cm³/mol. The highest BCUT2D eigenvalue weighted by Crippen LogP contribution is 2.25. The van der Waals surface area contributed by atoms with Gasteiger partial charge < -0.3 is 10.2 Å². The topological polar surface area (TPSA) is 58.1 Å². The van der Waals surface area contributed by atoms with Gasteiger partial charge in [0.05, 0.1) is 0 Å². The highest BCUT2D eigenvalue weighted by Gasteiger charge is 2.13. The van der Waals surface area contributed by atoms with Crippen LogP contribution in [0.1, 0.15) is 28.8 Å². The molecule has 0 bridgehead atoms. The Hall–Kier alpha value is -2.86. The molecule has 1 aromatic carbocycles. The number of carbonyl (C=O) groups excluding carboxylic acids is 1. The minimum atomic E-state index is -0.0852. The van der Waals surface area contributed by atoms with Crippen LogP contribution in [0.4, 0.5) is 5.82 Å². The molecule has 0 radical (unpaired) electrons. The highest BCUT2D eigenvalue weighted by atomic mass is 32.2. The van der Waals surface area contributed by atoms with Crippen molar-refractivity contribution in [3.63, 3.8) is 0 Å². The van der Waals surface area contributed by atoms with Crippen LogP contribution >= 0.6 is 11.8 Å². The molecule has 0 unspecified atom stereocenters. The van der Waals surface area contributed by atoms with Crippen molar-refractivity contribution in [2.45, 2.75) is 29.3 Å². The quantitative estimate of drug-likeness (QED) is 0.685. The zero-order valence-corrected chi connectivity index (χ0v) is 16.4. The second-order valence-electron chi connectivity index (χ2n) is 6.70. The zero-order chi connectivity index (χ0) is 19.2. The van der Waals surface area contributed by atoms with Crippen molar-refractivity contribution in [1.82, 2.24) is 15.3 Å². The molecule has 142 valence electrons. The van der Waals surface area contributed by atoms with E-state index in [2.05, 4.69) is 20.2 Å². The second-order valence-corrected chi connectivity index (χ2v) is 7.79. The summed E-state index contributed by atoms with van der Waals surface area (Å²) in [6.07, 6.45) is 6.09. The lowest BCUT2D eigenvalue weighted by Crippen LogP contribution is -2.23. The third-order valence-corrected chi connectivity index (χ3v) is 5.63. The van der Waals surface area contributed by atoms with Crippen LogP contribution < -0.4 is 10.2 Å². The fourth-order valence-electron chi connectivity index (χ4n) is 3.14. The Morgan fingerprint density at radius 3 is 2.50 bits per heavy atom. The first kappa shape index (κ1) is 18.5. The van der Waals surface area contributed by atoms with Gasteiger partial charge in [-0.2, -0.15) is 0 Å². The summed E-state index contributed by atoms with van der Waals surface area (Å²) >= 11 is 1.57. The van der Waals surface area contributed by atoms with Crippen LogP contribution in [0, 0.1) is 0 Å². The van der Waals surface area contributed by atoms with E-state index in [4.69, 9.17) is 0 Å². The summed E-state index contributed by atoms with van der Waals surface area (Å²) in [6, 6.07) is 17.5. The molecule has 1 fully saturated rings. The number of nitrogens with one attached hydrogen (secondary N) is 1. The number of benzene rings is 1. The summed E-state index contributed by atoms with van der Waals surface area (Å²) in [5.41, 5.74) is 1.64. The molecule has 4 rings (SSSR count). The van der Waals surface area contributed by atoms with E-state index in [1.165, 1.54) is 12.8 Å². The van der Waals surface area contributed by atoms with Gasteiger partial charge in [-0.15, -0.1) is 0 Å². The maximum Gasteiger partial charge on any atom is 0.251 e. The van der Waals surface area contributed by atoms with Crippen LogP contribution in [0.2, 0.25) is 0 Å². The summed E-state index contributed by atoms with van der Waals surface area (Å²) in [7, 11) is 0. The maximum absolute atomic E-state index is 12.4. The van der Waals surface area contributed by atoms with E-state index in [0.29, 0.717) is 12.1 Å². The third kappa shape index (κ3) is 4.70. The molecule has 0 aliphatic carbocycles. The SMILES string of the molecule is O=C(NCc1ccc(N2CCCC2)nc1)c1ccc(Sc2ccccn2)cc1. The lowest BCUT2D eigenvalue weighted by atomic mass is 10.2. The van der Waals surface area contributed by atoms with Gasteiger partial charge in [-0.25, -0.2) is 9.97 Å². The molecule has 0 spiro atoms. The molecule has 0 atom stereocenters. The zero-order valence-electron chi connectivity index (χ0n) is 15.5. The first-order chi connectivity index (χ1) is 13.8. The number of amides is 1. The molecule has 1 aliphatic rings. The molecule has 6 heteroatoms. The number of hydrogen-bond acceptors (Lipinski definition) is 5. The number of hydrogen-bond donors (Lipinski definition) is 1. The number of nitrogens with zero attached hydrogens (tertiary/aromatic N) is 3. The molecule has 1 N–H and O–H groups in total. The van der Waals surface area contributed by atoms with Crippen LogP contribution in [-0.2, 0) is 6.54 Å². The summed E-state index contributed by atoms with van der Waals surface area (Å²) in [6.45, 7) is 2.63. The molecule has 0 saturated carbocycles. The summed E-state index contributed by atoms with van der Waals surface area (Å²) < 4.78 is 0. The highest BCUT2D eigenvalue weighted by molar-refractivity contribution is 7.99. The van der Waals surface area contributed by atoms with E-state index in [0.717, 1.165) is 34.4 Å². The third-order valence-electron chi connectivity index (χ3n) is 4.67. The second kappa shape index (κ2) is 8.89. The van der Waals surface area contributed by atoms with Crippen molar-refractivity contribution in [2.24, 2.45) is 0 Å². The van der Waals surface area contributed by atoms with Gasteiger partial charge in [0.1, 0.15) is 10.8 Å². The molecule has 1 aliphatic heterocycles. The molecule has 28 heavy (non-hydrogen) atoms. The van der Waals surface area contributed by atoms with Crippen LogP contribution in [0.3, 0.4) is 0 Å². The van der Waals surface area contributed by atoms with E-state index in [1.54, 1.807) is 18.0 Å². The Bertz CT molecular complexity index is 908. The lowest BCUT2D eigenvalue weighted by molar-refractivity contribution is 0.0951. The predicted octanol–water partition coefficient (Wildman–Crippen LogP) is 4.16. The summed E-state index contributed by atoms with van der Waals surface area (Å²) in [5.74, 6) is 0.937. The van der Waals surface area contributed by atoms with Crippen molar-refractivity contribution in [1.29, 1.82) is 0 Å². The molecular weight excluding hydrogens is 368 g/mol. The van der Waals surface area contributed by atoms with Gasteiger partial charge in [-0.05, 0) is 60.9 Å². The van der Waals surface area contributed by atoms with Crippen molar-refractivity contribution >= 4 is 23.5 Å². The van der Waals surface area contributed by atoms with Gasteiger partial charge in [0.25, 0.3) is 5.91 Å². The van der Waals surface area contributed by atoms with E-state index in [1.807, 2.05) is 60.8 Å². The molecule has 5 nitrogen and oxygen atoms in total. The van der Waals surface area contributed by atoms with Crippen molar-refractivity contribution in [2.75, 3.05) is 18.0 Å². The Balaban J connectivity index is 1.31. The van der Waals surface area contributed by atoms with Crippen molar-refractivity contribution in [3.05, 3.63) is 78.1 Å². The van der Waals surface area contributed by atoms with E-state index in [-0.39, 0.29) is 5.91 Å². The van der Waals surface area contributed by atoms with Gasteiger partial charge in [-0.1, -0.05) is 23.9 Å². The minimum absolute atomic E-state index is 0.0852. The Morgan fingerprint density at radius 2 is 1.82 bits per heavy atom. The van der Waals surface area contributed by atoms with Gasteiger partial charge in [0, 0.05) is 42.5 Å². The Morgan fingerprint density at radius 1 is 1.00 bits per heavy atom. The normalized spacial score (nSPS) is 13.5. The van der Waals surface area contributed by atoms with Gasteiger partial charge in [-0.3, -0.25) is 4.79 Å². The van der Waals surface area contributed by atoms with Gasteiger partial charge in [0.2, 0.25) is 0 Å². The van der Waals surface area contributed by atoms with Crippen LogP contribution in [0.5, 0.6) is 0 Å². The fourth-order valence-corrected chi connectivity index (χ4v) is 3.92. The first-order valence-corrected chi connectivity index (χ1v) is 10.3.